The Labute approximate surface area is 95.5 Å². The summed E-state index contributed by atoms with van der Waals surface area (Å²) in [7, 11) is 0. The van der Waals surface area contributed by atoms with E-state index in [0.29, 0.717) is 12.6 Å². The maximum Gasteiger partial charge on any atom is 0.504 e. The van der Waals surface area contributed by atoms with Crippen LogP contribution in [0.3, 0.4) is 0 Å². The van der Waals surface area contributed by atoms with Crippen LogP contribution in [0.4, 0.5) is 23.7 Å². The normalized spacial score (nSPS) is 11.3. The number of halogens is 3. The number of unbranched alkanes of at least 4 members (excludes halogenated alkanes) is 1. The van der Waals surface area contributed by atoms with Gasteiger partial charge in [-0.25, -0.2) is 4.79 Å². The van der Waals surface area contributed by atoms with Gasteiger partial charge in [0.2, 0.25) is 0 Å². The number of carbonyl (C=O) groups is 1. The number of ether oxygens (including phenoxy) is 1. The standard InChI is InChI=1S/C9H12F3N3O2/c1-2-3-4-17-8(16)14-7-5-13-15(6-7)9(10,11)12/h5-6H,2-4H2,1H3,(H,14,16). The fourth-order valence-corrected chi connectivity index (χ4v) is 0.989. The molecular weight excluding hydrogens is 239 g/mol. The second-order valence-electron chi connectivity index (χ2n) is 3.26. The molecule has 0 aromatic carbocycles. The molecule has 0 aliphatic carbocycles. The summed E-state index contributed by atoms with van der Waals surface area (Å²) < 4.78 is 40.9. The molecule has 1 N–H and O–H groups in total. The third-order valence-electron chi connectivity index (χ3n) is 1.82. The first-order valence-corrected chi connectivity index (χ1v) is 4.99. The lowest BCUT2D eigenvalue weighted by atomic mass is 10.4. The molecule has 0 spiro atoms. The minimum Gasteiger partial charge on any atom is -0.449 e. The molecular formula is C9H12F3N3O2. The van der Waals surface area contributed by atoms with Gasteiger partial charge in [0.1, 0.15) is 0 Å². The average Bonchev–Trinajstić information content (AvgIpc) is 2.66. The highest BCUT2D eigenvalue weighted by Crippen LogP contribution is 2.22. The van der Waals surface area contributed by atoms with Crippen LogP contribution in [0.25, 0.3) is 0 Å². The predicted octanol–water partition coefficient (Wildman–Crippen LogP) is 2.71. The third-order valence-corrected chi connectivity index (χ3v) is 1.82. The van der Waals surface area contributed by atoms with Crippen molar-refractivity contribution in [3.63, 3.8) is 0 Å². The first-order chi connectivity index (χ1) is 7.93. The van der Waals surface area contributed by atoms with Crippen LogP contribution in [-0.2, 0) is 11.0 Å². The van der Waals surface area contributed by atoms with Crippen LogP contribution in [0, 0.1) is 0 Å². The van der Waals surface area contributed by atoms with Crippen molar-refractivity contribution < 1.29 is 22.7 Å². The Morgan fingerprint density at radius 2 is 2.29 bits per heavy atom. The van der Waals surface area contributed by atoms with Crippen LogP contribution >= 0.6 is 0 Å². The smallest absolute Gasteiger partial charge is 0.449 e. The van der Waals surface area contributed by atoms with Gasteiger partial charge in [-0.15, -0.1) is 13.2 Å². The average molecular weight is 251 g/mol. The Hall–Kier alpha value is -1.73. The maximum absolute atomic E-state index is 12.1. The highest BCUT2D eigenvalue weighted by Gasteiger charge is 2.31. The van der Waals surface area contributed by atoms with E-state index in [4.69, 9.17) is 4.74 Å². The van der Waals surface area contributed by atoms with Gasteiger partial charge in [-0.05, 0) is 6.42 Å². The zero-order valence-electron chi connectivity index (χ0n) is 9.12. The number of nitrogens with one attached hydrogen (secondary N) is 1. The van der Waals surface area contributed by atoms with Gasteiger partial charge in [0.05, 0.1) is 24.7 Å². The summed E-state index contributed by atoms with van der Waals surface area (Å²) in [6.07, 6.45) is -2.25. The number of aromatic nitrogens is 2. The predicted molar refractivity (Wildman–Crippen MR) is 53.4 cm³/mol. The van der Waals surface area contributed by atoms with Crippen molar-refractivity contribution in [2.24, 2.45) is 0 Å². The molecule has 1 heterocycles. The van der Waals surface area contributed by atoms with Crippen molar-refractivity contribution >= 4 is 11.8 Å². The van der Waals surface area contributed by atoms with Crippen LogP contribution in [-0.4, -0.2) is 22.5 Å². The van der Waals surface area contributed by atoms with E-state index in [2.05, 4.69) is 10.4 Å². The van der Waals surface area contributed by atoms with Crippen molar-refractivity contribution in [2.45, 2.75) is 26.1 Å². The van der Waals surface area contributed by atoms with E-state index < -0.39 is 12.4 Å². The third kappa shape index (κ3) is 4.33. The van der Waals surface area contributed by atoms with Gasteiger partial charge in [-0.1, -0.05) is 13.3 Å². The minimum absolute atomic E-state index is 0.0659. The van der Waals surface area contributed by atoms with Crippen molar-refractivity contribution in [1.29, 1.82) is 0 Å². The molecule has 0 atom stereocenters. The number of carbonyl (C=O) groups excluding carboxylic acids is 1. The number of hydrogen-bond donors (Lipinski definition) is 1. The molecule has 0 bridgehead atoms. The molecule has 0 aliphatic rings. The van der Waals surface area contributed by atoms with Crippen LogP contribution < -0.4 is 5.32 Å². The fraction of sp³-hybridized carbons (Fsp3) is 0.556. The molecule has 0 radical (unpaired) electrons. The SMILES string of the molecule is CCCCOC(=O)Nc1cnn(C(F)(F)F)c1. The highest BCUT2D eigenvalue weighted by molar-refractivity contribution is 5.84. The van der Waals surface area contributed by atoms with Gasteiger partial charge in [0.15, 0.2) is 0 Å². The zero-order chi connectivity index (χ0) is 12.9. The number of nitrogens with zero attached hydrogens (tertiary/aromatic N) is 2. The Morgan fingerprint density at radius 1 is 1.59 bits per heavy atom. The molecule has 1 aromatic rings. The molecule has 8 heteroatoms. The Bertz CT molecular complexity index is 376. The van der Waals surface area contributed by atoms with Gasteiger partial charge in [0.25, 0.3) is 0 Å². The fourth-order valence-electron chi connectivity index (χ4n) is 0.989. The van der Waals surface area contributed by atoms with Crippen LogP contribution in [0.1, 0.15) is 19.8 Å². The Morgan fingerprint density at radius 3 is 2.82 bits per heavy atom. The molecule has 0 unspecified atom stereocenters. The number of rotatable bonds is 4. The number of alkyl halides is 3. The lowest BCUT2D eigenvalue weighted by Gasteiger charge is -2.05. The summed E-state index contributed by atoms with van der Waals surface area (Å²) in [5.41, 5.74) is -0.0659. The molecule has 1 amide bonds. The molecule has 1 aromatic heterocycles. The van der Waals surface area contributed by atoms with Gasteiger partial charge in [-0.3, -0.25) is 5.32 Å². The lowest BCUT2D eigenvalue weighted by Crippen LogP contribution is -2.17. The van der Waals surface area contributed by atoms with E-state index in [1.54, 1.807) is 0 Å². The van der Waals surface area contributed by atoms with Crippen LogP contribution in [0.15, 0.2) is 12.4 Å². The first-order valence-electron chi connectivity index (χ1n) is 4.99. The number of anilines is 1. The van der Waals surface area contributed by atoms with Gasteiger partial charge < -0.3 is 4.74 Å². The zero-order valence-corrected chi connectivity index (χ0v) is 9.12. The lowest BCUT2D eigenvalue weighted by molar-refractivity contribution is -0.212. The molecule has 0 fully saturated rings. The molecule has 0 saturated carbocycles. The summed E-state index contributed by atoms with van der Waals surface area (Å²) in [6, 6.07) is 0. The van der Waals surface area contributed by atoms with Crippen molar-refractivity contribution in [3.8, 4) is 0 Å². The molecule has 5 nitrogen and oxygen atoms in total. The van der Waals surface area contributed by atoms with Crippen molar-refractivity contribution in [3.05, 3.63) is 12.4 Å². The number of amides is 1. The summed E-state index contributed by atoms with van der Waals surface area (Å²) >= 11 is 0. The van der Waals surface area contributed by atoms with Gasteiger partial charge >= 0.3 is 12.4 Å². The topological polar surface area (TPSA) is 56.1 Å². The van der Waals surface area contributed by atoms with Crippen molar-refractivity contribution in [2.75, 3.05) is 11.9 Å². The van der Waals surface area contributed by atoms with Crippen molar-refractivity contribution in [1.82, 2.24) is 9.78 Å². The second-order valence-corrected chi connectivity index (χ2v) is 3.26. The van der Waals surface area contributed by atoms with Crippen LogP contribution in [0.2, 0.25) is 0 Å². The van der Waals surface area contributed by atoms with E-state index in [1.807, 2.05) is 6.92 Å². The van der Waals surface area contributed by atoms with E-state index in [1.165, 1.54) is 0 Å². The molecule has 1 rings (SSSR count). The molecule has 17 heavy (non-hydrogen) atoms. The van der Waals surface area contributed by atoms with E-state index in [0.717, 1.165) is 12.6 Å². The van der Waals surface area contributed by atoms with Gasteiger partial charge in [0, 0.05) is 0 Å². The quantitative estimate of drug-likeness (QED) is 0.837. The Kier molecular flexibility index (Phi) is 4.36. The molecule has 0 aliphatic heterocycles. The van der Waals surface area contributed by atoms with Crippen LogP contribution in [0.5, 0.6) is 0 Å². The summed E-state index contributed by atoms with van der Waals surface area (Å²) in [5.74, 6) is 0. The summed E-state index contributed by atoms with van der Waals surface area (Å²) in [6.45, 7) is 2.16. The summed E-state index contributed by atoms with van der Waals surface area (Å²) in [4.78, 5) is 11.1. The van der Waals surface area contributed by atoms with Gasteiger partial charge in [-0.2, -0.15) is 9.78 Å². The highest BCUT2D eigenvalue weighted by atomic mass is 19.4. The number of hydrogen-bond acceptors (Lipinski definition) is 3. The summed E-state index contributed by atoms with van der Waals surface area (Å²) in [5, 5.41) is 5.21. The minimum atomic E-state index is -4.59. The van der Waals surface area contributed by atoms with E-state index in [9.17, 15) is 18.0 Å². The molecule has 0 saturated heterocycles. The monoisotopic (exact) mass is 251 g/mol. The first kappa shape index (κ1) is 13.3. The Balaban J connectivity index is 2.46. The molecule has 96 valence electrons. The maximum atomic E-state index is 12.1. The van der Waals surface area contributed by atoms with E-state index >= 15 is 0 Å². The second kappa shape index (κ2) is 5.55. The van der Waals surface area contributed by atoms with E-state index in [-0.39, 0.29) is 17.0 Å². The largest absolute Gasteiger partial charge is 0.504 e.